The maximum atomic E-state index is 9.67. The van der Waals surface area contributed by atoms with E-state index in [0.717, 1.165) is 30.6 Å². The van der Waals surface area contributed by atoms with Gasteiger partial charge in [0.15, 0.2) is 0 Å². The fourth-order valence-corrected chi connectivity index (χ4v) is 2.39. The molecule has 0 amide bonds. The average molecular weight is 259 g/mol. The molecule has 0 aromatic carbocycles. The van der Waals surface area contributed by atoms with Crippen molar-refractivity contribution in [1.82, 2.24) is 19.5 Å². The van der Waals surface area contributed by atoms with Crippen molar-refractivity contribution in [2.24, 2.45) is 7.05 Å². The van der Waals surface area contributed by atoms with Gasteiger partial charge in [0.25, 0.3) is 0 Å². The number of imidazole rings is 1. The van der Waals surface area contributed by atoms with E-state index in [4.69, 9.17) is 0 Å². The highest BCUT2D eigenvalue weighted by molar-refractivity contribution is 5.57. The minimum Gasteiger partial charge on any atom is -0.391 e. The van der Waals surface area contributed by atoms with Crippen LogP contribution in [0.15, 0.2) is 24.9 Å². The van der Waals surface area contributed by atoms with Crippen molar-refractivity contribution in [3.8, 4) is 11.3 Å². The lowest BCUT2D eigenvalue weighted by atomic mass is 10.1. The van der Waals surface area contributed by atoms with Crippen LogP contribution < -0.4 is 4.90 Å². The molecule has 1 saturated heterocycles. The van der Waals surface area contributed by atoms with Crippen molar-refractivity contribution in [3.63, 3.8) is 0 Å². The van der Waals surface area contributed by atoms with E-state index >= 15 is 0 Å². The van der Waals surface area contributed by atoms with E-state index in [-0.39, 0.29) is 6.10 Å². The predicted molar refractivity (Wildman–Crippen MR) is 71.7 cm³/mol. The Morgan fingerprint density at radius 1 is 1.26 bits per heavy atom. The summed E-state index contributed by atoms with van der Waals surface area (Å²) in [6, 6.07) is 0. The number of nitrogens with zero attached hydrogens (tertiary/aromatic N) is 5. The molecule has 0 radical (unpaired) electrons. The van der Waals surface area contributed by atoms with Crippen molar-refractivity contribution < 1.29 is 5.11 Å². The van der Waals surface area contributed by atoms with Crippen LogP contribution in [0.1, 0.15) is 12.8 Å². The molecule has 19 heavy (non-hydrogen) atoms. The Bertz CT molecular complexity index is 550. The van der Waals surface area contributed by atoms with E-state index in [2.05, 4.69) is 15.0 Å². The third-order valence-corrected chi connectivity index (χ3v) is 3.43. The number of anilines is 1. The van der Waals surface area contributed by atoms with Gasteiger partial charge in [0.2, 0.25) is 5.95 Å². The SMILES string of the molecule is Cn1cncc1-c1cnc(N2CCCC(O)C2)nc1. The van der Waals surface area contributed by atoms with Crippen LogP contribution in [-0.2, 0) is 7.05 Å². The second-order valence-electron chi connectivity index (χ2n) is 4.90. The predicted octanol–water partition coefficient (Wildman–Crippen LogP) is 0.838. The molecule has 0 saturated carbocycles. The van der Waals surface area contributed by atoms with Crippen LogP contribution in [-0.4, -0.2) is 43.8 Å². The highest BCUT2D eigenvalue weighted by atomic mass is 16.3. The summed E-state index contributed by atoms with van der Waals surface area (Å²) in [4.78, 5) is 14.9. The third kappa shape index (κ3) is 2.44. The van der Waals surface area contributed by atoms with Crippen molar-refractivity contribution in [1.29, 1.82) is 0 Å². The van der Waals surface area contributed by atoms with Crippen molar-refractivity contribution >= 4 is 5.95 Å². The van der Waals surface area contributed by atoms with E-state index < -0.39 is 0 Å². The molecule has 3 heterocycles. The Morgan fingerprint density at radius 3 is 2.68 bits per heavy atom. The lowest BCUT2D eigenvalue weighted by Gasteiger charge is -2.29. The van der Waals surface area contributed by atoms with Gasteiger partial charge in [-0.05, 0) is 12.8 Å². The maximum absolute atomic E-state index is 9.67. The molecular weight excluding hydrogens is 242 g/mol. The largest absolute Gasteiger partial charge is 0.391 e. The van der Waals surface area contributed by atoms with E-state index in [1.54, 1.807) is 24.9 Å². The van der Waals surface area contributed by atoms with Gasteiger partial charge in [-0.15, -0.1) is 0 Å². The lowest BCUT2D eigenvalue weighted by Crippen LogP contribution is -2.39. The Balaban J connectivity index is 1.81. The van der Waals surface area contributed by atoms with Crippen LogP contribution in [0.5, 0.6) is 0 Å². The summed E-state index contributed by atoms with van der Waals surface area (Å²) in [6.45, 7) is 1.52. The first-order chi connectivity index (χ1) is 9.24. The number of hydrogen-bond donors (Lipinski definition) is 1. The van der Waals surface area contributed by atoms with Crippen molar-refractivity contribution in [2.45, 2.75) is 18.9 Å². The summed E-state index contributed by atoms with van der Waals surface area (Å²) in [5, 5.41) is 9.67. The van der Waals surface area contributed by atoms with Gasteiger partial charge in [-0.1, -0.05) is 0 Å². The fraction of sp³-hybridized carbons (Fsp3) is 0.462. The van der Waals surface area contributed by atoms with Crippen LogP contribution in [0.4, 0.5) is 5.95 Å². The Hall–Kier alpha value is -1.95. The summed E-state index contributed by atoms with van der Waals surface area (Å²) >= 11 is 0. The summed E-state index contributed by atoms with van der Waals surface area (Å²) in [6.07, 6.45) is 8.74. The smallest absolute Gasteiger partial charge is 0.225 e. The number of rotatable bonds is 2. The molecule has 6 heteroatoms. The quantitative estimate of drug-likeness (QED) is 0.865. The number of hydrogen-bond acceptors (Lipinski definition) is 5. The number of β-amino-alcohol motifs (C(OH)–C–C–N with tert-alkyl or cyclic N) is 1. The van der Waals surface area contributed by atoms with Gasteiger partial charge in [0.05, 0.1) is 24.3 Å². The van der Waals surface area contributed by atoms with Gasteiger partial charge in [-0.25, -0.2) is 15.0 Å². The fourth-order valence-electron chi connectivity index (χ4n) is 2.39. The highest BCUT2D eigenvalue weighted by Gasteiger charge is 2.19. The minimum absolute atomic E-state index is 0.269. The van der Waals surface area contributed by atoms with E-state index in [0.29, 0.717) is 12.5 Å². The van der Waals surface area contributed by atoms with Crippen LogP contribution in [0.2, 0.25) is 0 Å². The molecule has 6 nitrogen and oxygen atoms in total. The average Bonchev–Trinajstić information content (AvgIpc) is 2.85. The van der Waals surface area contributed by atoms with Gasteiger partial charge in [0, 0.05) is 38.1 Å². The first-order valence-electron chi connectivity index (χ1n) is 6.46. The van der Waals surface area contributed by atoms with Crippen molar-refractivity contribution in [2.75, 3.05) is 18.0 Å². The summed E-state index contributed by atoms with van der Waals surface area (Å²) in [5.41, 5.74) is 1.94. The molecular formula is C13H17N5O. The molecule has 0 spiro atoms. The van der Waals surface area contributed by atoms with Crippen LogP contribution in [0.3, 0.4) is 0 Å². The standard InChI is InChI=1S/C13H17N5O/c1-17-9-14-7-12(17)10-5-15-13(16-6-10)18-4-2-3-11(19)8-18/h5-7,9,11,19H,2-4,8H2,1H3. The topological polar surface area (TPSA) is 67.1 Å². The Labute approximate surface area is 111 Å². The zero-order chi connectivity index (χ0) is 13.2. The second-order valence-corrected chi connectivity index (χ2v) is 4.90. The zero-order valence-electron chi connectivity index (χ0n) is 10.9. The molecule has 0 aliphatic carbocycles. The van der Waals surface area contributed by atoms with Gasteiger partial charge < -0.3 is 14.6 Å². The van der Waals surface area contributed by atoms with E-state index in [1.807, 2.05) is 16.5 Å². The molecule has 1 N–H and O–H groups in total. The molecule has 2 aromatic rings. The van der Waals surface area contributed by atoms with Crippen LogP contribution in [0, 0.1) is 0 Å². The second kappa shape index (κ2) is 4.97. The summed E-state index contributed by atoms with van der Waals surface area (Å²) in [5.74, 6) is 0.685. The molecule has 0 bridgehead atoms. The molecule has 1 atom stereocenters. The third-order valence-electron chi connectivity index (χ3n) is 3.43. The van der Waals surface area contributed by atoms with Gasteiger partial charge in [0.1, 0.15) is 0 Å². The Kier molecular flexibility index (Phi) is 3.16. The Morgan fingerprint density at radius 2 is 2.05 bits per heavy atom. The first-order valence-corrected chi connectivity index (χ1v) is 6.46. The molecule has 100 valence electrons. The molecule has 1 aliphatic rings. The number of aliphatic hydroxyl groups excluding tert-OH is 1. The number of aryl methyl sites for hydroxylation is 1. The lowest BCUT2D eigenvalue weighted by molar-refractivity contribution is 0.153. The maximum Gasteiger partial charge on any atom is 0.225 e. The van der Waals surface area contributed by atoms with Crippen molar-refractivity contribution in [3.05, 3.63) is 24.9 Å². The van der Waals surface area contributed by atoms with Gasteiger partial charge >= 0.3 is 0 Å². The van der Waals surface area contributed by atoms with Gasteiger partial charge in [-0.2, -0.15) is 0 Å². The van der Waals surface area contributed by atoms with E-state index in [9.17, 15) is 5.11 Å². The first kappa shape index (κ1) is 12.1. The molecule has 3 rings (SSSR count). The van der Waals surface area contributed by atoms with Crippen LogP contribution >= 0.6 is 0 Å². The van der Waals surface area contributed by atoms with E-state index in [1.165, 1.54) is 0 Å². The normalized spacial score (nSPS) is 19.7. The molecule has 1 unspecified atom stereocenters. The minimum atomic E-state index is -0.269. The number of piperidine rings is 1. The number of aromatic nitrogens is 4. The van der Waals surface area contributed by atoms with Gasteiger partial charge in [-0.3, -0.25) is 0 Å². The monoisotopic (exact) mass is 259 g/mol. The zero-order valence-corrected chi connectivity index (χ0v) is 10.9. The van der Waals surface area contributed by atoms with Crippen LogP contribution in [0.25, 0.3) is 11.3 Å². The molecule has 2 aromatic heterocycles. The molecule has 1 aliphatic heterocycles. The number of aliphatic hydroxyl groups is 1. The summed E-state index contributed by atoms with van der Waals surface area (Å²) in [7, 11) is 1.94. The molecule has 1 fully saturated rings. The summed E-state index contributed by atoms with van der Waals surface area (Å²) < 4.78 is 1.93. The highest BCUT2D eigenvalue weighted by Crippen LogP contribution is 2.19.